The van der Waals surface area contributed by atoms with Crippen molar-refractivity contribution in [1.29, 1.82) is 0 Å². The highest BCUT2D eigenvalue weighted by atomic mass is 32.1. The van der Waals surface area contributed by atoms with E-state index < -0.39 is 24.3 Å². The van der Waals surface area contributed by atoms with Gasteiger partial charge >= 0.3 is 12.1 Å². The average Bonchev–Trinajstić information content (AvgIpc) is 3.37. The van der Waals surface area contributed by atoms with Crippen LogP contribution >= 0.6 is 11.3 Å². The first-order chi connectivity index (χ1) is 15.4. The fourth-order valence-electron chi connectivity index (χ4n) is 3.97. The van der Waals surface area contributed by atoms with Gasteiger partial charge in [0.25, 0.3) is 0 Å². The second-order valence-electron chi connectivity index (χ2n) is 7.64. The van der Waals surface area contributed by atoms with Crippen LogP contribution in [0.2, 0.25) is 0 Å². The molecule has 0 saturated carbocycles. The number of carbonyl (C=O) groups excluding carboxylic acids is 1. The zero-order chi connectivity index (χ0) is 22.7. The molecule has 1 aromatic heterocycles. The minimum atomic E-state index is -1.26. The molecule has 2 aromatic carbocycles. The Morgan fingerprint density at radius 1 is 1.03 bits per heavy atom. The highest BCUT2D eigenvalue weighted by Gasteiger charge is 2.29. The van der Waals surface area contributed by atoms with Crippen molar-refractivity contribution in [3.63, 3.8) is 0 Å². The van der Waals surface area contributed by atoms with Crippen LogP contribution in [0.4, 0.5) is 4.79 Å². The number of ether oxygens (including phenoxy) is 1. The van der Waals surface area contributed by atoms with Gasteiger partial charge in [-0.3, -0.25) is 4.79 Å². The predicted molar refractivity (Wildman–Crippen MR) is 120 cm³/mol. The van der Waals surface area contributed by atoms with Crippen LogP contribution in [0.1, 0.15) is 33.6 Å². The lowest BCUT2D eigenvalue weighted by molar-refractivity contribution is -0.136. The number of rotatable bonds is 8. The van der Waals surface area contributed by atoms with Crippen molar-refractivity contribution >= 4 is 23.4 Å². The van der Waals surface area contributed by atoms with E-state index in [0.717, 1.165) is 22.3 Å². The van der Waals surface area contributed by atoms with Gasteiger partial charge in [-0.05, 0) is 39.3 Å². The molecule has 2 unspecified atom stereocenters. The van der Waals surface area contributed by atoms with Gasteiger partial charge in [0.05, 0.1) is 6.42 Å². The molecule has 4 N–H and O–H groups in total. The Bertz CT molecular complexity index is 1080. The van der Waals surface area contributed by atoms with Gasteiger partial charge in [-0.2, -0.15) is 0 Å². The summed E-state index contributed by atoms with van der Waals surface area (Å²) in [7, 11) is 0. The molecular formula is C24H23NO6S. The maximum atomic E-state index is 12.2. The molecule has 166 valence electrons. The number of aliphatic carboxylic acids is 1. The number of amides is 1. The molecule has 1 heterocycles. The summed E-state index contributed by atoms with van der Waals surface area (Å²) in [5, 5.41) is 33.4. The number of fused-ring (bicyclic) bond motifs is 3. The number of carbonyl (C=O) groups is 2. The van der Waals surface area contributed by atoms with Crippen LogP contribution in [-0.4, -0.2) is 46.6 Å². The quantitative estimate of drug-likeness (QED) is 0.416. The summed E-state index contributed by atoms with van der Waals surface area (Å²) in [4.78, 5) is 23.6. The van der Waals surface area contributed by atoms with E-state index in [1.807, 2.05) is 36.4 Å². The molecule has 2 atom stereocenters. The van der Waals surface area contributed by atoms with Gasteiger partial charge in [0.15, 0.2) is 0 Å². The Kier molecular flexibility index (Phi) is 6.55. The molecular weight excluding hydrogens is 430 g/mol. The Morgan fingerprint density at radius 2 is 1.66 bits per heavy atom. The number of carboxylic acid groups (broad SMARTS) is 1. The van der Waals surface area contributed by atoms with E-state index >= 15 is 0 Å². The lowest BCUT2D eigenvalue weighted by Gasteiger charge is -2.18. The molecule has 0 spiro atoms. The summed E-state index contributed by atoms with van der Waals surface area (Å²) in [6.07, 6.45) is -3.34. The second kappa shape index (κ2) is 9.52. The number of thiophene rings is 1. The fourth-order valence-corrected chi connectivity index (χ4v) is 4.87. The second-order valence-corrected chi connectivity index (χ2v) is 8.63. The number of hydrogen-bond donors (Lipinski definition) is 4. The number of alkyl carbamates (subject to hydrolysis) is 1. The minimum Gasteiger partial charge on any atom is -0.481 e. The van der Waals surface area contributed by atoms with Crippen LogP contribution in [0.3, 0.4) is 0 Å². The van der Waals surface area contributed by atoms with Crippen LogP contribution in [0.5, 0.6) is 0 Å². The third-order valence-corrected chi connectivity index (χ3v) is 6.46. The molecule has 0 aliphatic heterocycles. The molecule has 32 heavy (non-hydrogen) atoms. The Labute approximate surface area is 188 Å². The molecule has 8 heteroatoms. The first-order valence-electron chi connectivity index (χ1n) is 10.2. The van der Waals surface area contributed by atoms with Crippen LogP contribution in [0, 0.1) is 0 Å². The third kappa shape index (κ3) is 4.67. The van der Waals surface area contributed by atoms with Crippen molar-refractivity contribution in [2.45, 2.75) is 24.5 Å². The van der Waals surface area contributed by atoms with Crippen LogP contribution in [0.25, 0.3) is 11.1 Å². The summed E-state index contributed by atoms with van der Waals surface area (Å²) in [5.74, 6) is -1.03. The van der Waals surface area contributed by atoms with Crippen molar-refractivity contribution < 1.29 is 29.6 Å². The third-order valence-electron chi connectivity index (χ3n) is 5.50. The summed E-state index contributed by atoms with van der Waals surface area (Å²) >= 11 is 1.20. The van der Waals surface area contributed by atoms with E-state index in [1.165, 1.54) is 11.3 Å². The van der Waals surface area contributed by atoms with Crippen molar-refractivity contribution in [2.24, 2.45) is 0 Å². The Morgan fingerprint density at radius 3 is 2.28 bits per heavy atom. The van der Waals surface area contributed by atoms with Gasteiger partial charge in [0.1, 0.15) is 18.8 Å². The first kappa shape index (κ1) is 22.0. The SMILES string of the molecule is O=C(O)Cc1cc(C(O)C(O)CNC(=O)OCC2c3ccccc3-c3ccccc32)cs1. The number of nitrogens with one attached hydrogen (secondary N) is 1. The lowest BCUT2D eigenvalue weighted by Crippen LogP contribution is -2.36. The number of benzene rings is 2. The highest BCUT2D eigenvalue weighted by molar-refractivity contribution is 7.10. The topological polar surface area (TPSA) is 116 Å². The Hall–Kier alpha value is -3.20. The molecule has 0 bridgehead atoms. The van der Waals surface area contributed by atoms with Crippen LogP contribution < -0.4 is 5.32 Å². The fraction of sp³-hybridized carbons (Fsp3) is 0.250. The highest BCUT2D eigenvalue weighted by Crippen LogP contribution is 2.44. The maximum Gasteiger partial charge on any atom is 0.407 e. The summed E-state index contributed by atoms with van der Waals surface area (Å²) < 4.78 is 5.42. The van der Waals surface area contributed by atoms with Gasteiger partial charge in [-0.25, -0.2) is 4.79 Å². The number of aliphatic hydroxyl groups is 2. The largest absolute Gasteiger partial charge is 0.481 e. The van der Waals surface area contributed by atoms with Crippen molar-refractivity contribution in [2.75, 3.05) is 13.2 Å². The Balaban J connectivity index is 1.31. The summed E-state index contributed by atoms with van der Waals surface area (Å²) in [6.45, 7) is -0.0520. The lowest BCUT2D eigenvalue weighted by atomic mass is 9.98. The molecule has 0 radical (unpaired) electrons. The molecule has 1 amide bonds. The summed E-state index contributed by atoms with van der Waals surface area (Å²) in [6, 6.07) is 17.6. The van der Waals surface area contributed by atoms with E-state index in [1.54, 1.807) is 11.4 Å². The number of hydrogen-bond acceptors (Lipinski definition) is 6. The van der Waals surface area contributed by atoms with E-state index in [0.29, 0.717) is 10.4 Å². The minimum absolute atomic E-state index is 0.0675. The zero-order valence-corrected chi connectivity index (χ0v) is 17.9. The van der Waals surface area contributed by atoms with Crippen molar-refractivity contribution in [3.8, 4) is 11.1 Å². The van der Waals surface area contributed by atoms with Gasteiger partial charge in [0.2, 0.25) is 0 Å². The summed E-state index contributed by atoms with van der Waals surface area (Å²) in [5.41, 5.74) is 4.88. The van der Waals surface area contributed by atoms with E-state index in [4.69, 9.17) is 9.84 Å². The van der Waals surface area contributed by atoms with Gasteiger partial charge < -0.3 is 25.4 Å². The molecule has 1 aliphatic rings. The number of carboxylic acids is 1. The van der Waals surface area contributed by atoms with Gasteiger partial charge in [0, 0.05) is 17.3 Å². The molecule has 4 rings (SSSR count). The first-order valence-corrected chi connectivity index (χ1v) is 11.1. The molecule has 0 saturated heterocycles. The molecule has 1 aliphatic carbocycles. The molecule has 0 fully saturated rings. The average molecular weight is 454 g/mol. The smallest absolute Gasteiger partial charge is 0.407 e. The maximum absolute atomic E-state index is 12.2. The predicted octanol–water partition coefficient (Wildman–Crippen LogP) is 3.31. The van der Waals surface area contributed by atoms with Gasteiger partial charge in [-0.1, -0.05) is 48.5 Å². The number of aliphatic hydroxyl groups excluding tert-OH is 2. The van der Waals surface area contributed by atoms with Crippen LogP contribution in [0.15, 0.2) is 60.0 Å². The molecule has 3 aromatic rings. The molecule has 7 nitrogen and oxygen atoms in total. The van der Waals surface area contributed by atoms with Gasteiger partial charge in [-0.15, -0.1) is 11.3 Å². The zero-order valence-electron chi connectivity index (χ0n) is 17.1. The van der Waals surface area contributed by atoms with Crippen LogP contribution in [-0.2, 0) is 16.0 Å². The normalized spacial score (nSPS) is 14.3. The monoisotopic (exact) mass is 453 g/mol. The van der Waals surface area contributed by atoms with E-state index in [9.17, 15) is 19.8 Å². The van der Waals surface area contributed by atoms with Crippen molar-refractivity contribution in [1.82, 2.24) is 5.32 Å². The van der Waals surface area contributed by atoms with E-state index in [2.05, 4.69) is 17.4 Å². The standard InChI is InChI=1S/C24H23NO6S/c26-21(23(29)14-9-15(32-13-14)10-22(27)28)11-25-24(30)31-12-20-18-7-3-1-5-16(18)17-6-2-4-8-19(17)20/h1-9,13,20-21,23,26,29H,10-12H2,(H,25,30)(H,27,28). The van der Waals surface area contributed by atoms with E-state index in [-0.39, 0.29) is 25.5 Å². The van der Waals surface area contributed by atoms with Crippen molar-refractivity contribution in [3.05, 3.63) is 81.5 Å².